The number of amides is 1. The van der Waals surface area contributed by atoms with Crippen molar-refractivity contribution in [1.82, 2.24) is 5.32 Å². The van der Waals surface area contributed by atoms with E-state index in [-0.39, 0.29) is 16.8 Å². The van der Waals surface area contributed by atoms with E-state index in [2.05, 4.69) is 23.9 Å². The largest absolute Gasteiger partial charge is 0.353 e. The lowest BCUT2D eigenvalue weighted by Crippen LogP contribution is -2.39. The molecule has 1 amide bonds. The Labute approximate surface area is 180 Å². The van der Waals surface area contributed by atoms with Crippen molar-refractivity contribution < 1.29 is 13.2 Å². The monoisotopic (exact) mass is 428 g/mol. The molecule has 0 radical (unpaired) electrons. The van der Waals surface area contributed by atoms with Crippen LogP contribution < -0.4 is 10.0 Å². The first-order chi connectivity index (χ1) is 14.2. The zero-order valence-electron chi connectivity index (χ0n) is 18.2. The van der Waals surface area contributed by atoms with Crippen LogP contribution in [-0.4, -0.2) is 20.4 Å². The fourth-order valence-corrected chi connectivity index (χ4v) is 4.64. The number of rotatable bonds is 9. The van der Waals surface area contributed by atoms with Gasteiger partial charge in [0.25, 0.3) is 10.0 Å². The lowest BCUT2D eigenvalue weighted by atomic mass is 9.94. The number of hydrogen-bond donors (Lipinski definition) is 2. The van der Waals surface area contributed by atoms with Crippen molar-refractivity contribution in [2.24, 2.45) is 5.92 Å². The van der Waals surface area contributed by atoms with Crippen molar-refractivity contribution in [3.8, 4) is 0 Å². The van der Waals surface area contributed by atoms with E-state index in [9.17, 15) is 13.2 Å². The van der Waals surface area contributed by atoms with Crippen LogP contribution in [0.15, 0.2) is 53.4 Å². The summed E-state index contributed by atoms with van der Waals surface area (Å²) < 4.78 is 28.1. The summed E-state index contributed by atoms with van der Waals surface area (Å²) in [4.78, 5) is 12.9. The smallest absolute Gasteiger partial charge is 0.261 e. The molecule has 5 nitrogen and oxygen atoms in total. The Balaban J connectivity index is 1.70. The highest BCUT2D eigenvalue weighted by Crippen LogP contribution is 2.48. The Hall–Kier alpha value is -2.34. The molecule has 162 valence electrons. The first-order valence-electron chi connectivity index (χ1n) is 10.7. The first kappa shape index (κ1) is 22.3. The molecule has 0 aliphatic heterocycles. The molecular formula is C24H32N2O3S. The van der Waals surface area contributed by atoms with E-state index in [1.54, 1.807) is 24.3 Å². The van der Waals surface area contributed by atoms with E-state index in [1.165, 1.54) is 0 Å². The highest BCUT2D eigenvalue weighted by Gasteiger charge is 2.51. The Morgan fingerprint density at radius 3 is 2.10 bits per heavy atom. The van der Waals surface area contributed by atoms with Crippen molar-refractivity contribution in [3.63, 3.8) is 0 Å². The van der Waals surface area contributed by atoms with Crippen molar-refractivity contribution in [2.75, 3.05) is 4.72 Å². The molecule has 1 aliphatic rings. The molecule has 0 spiro atoms. The Bertz CT molecular complexity index is 976. The molecule has 0 aromatic heterocycles. The summed E-state index contributed by atoms with van der Waals surface area (Å²) in [5, 5.41) is 3.07. The summed E-state index contributed by atoms with van der Waals surface area (Å²) in [5.74, 6) is 0.581. The SMILES string of the molecule is CC[C@H](C)NC(=O)C1(c2ccc(NS(=O)(=O)c3ccc(CC(C)C)cc3)cc2)CC1. The van der Waals surface area contributed by atoms with Gasteiger partial charge in [0.1, 0.15) is 0 Å². The summed E-state index contributed by atoms with van der Waals surface area (Å²) >= 11 is 0. The molecule has 2 aromatic carbocycles. The van der Waals surface area contributed by atoms with Crippen LogP contribution in [0.1, 0.15) is 58.1 Å². The molecule has 30 heavy (non-hydrogen) atoms. The lowest BCUT2D eigenvalue weighted by molar-refractivity contribution is -0.124. The predicted octanol–water partition coefficient (Wildman–Crippen LogP) is 4.63. The summed E-state index contributed by atoms with van der Waals surface area (Å²) in [7, 11) is -3.66. The van der Waals surface area contributed by atoms with Crippen molar-refractivity contribution in [1.29, 1.82) is 0 Å². The van der Waals surface area contributed by atoms with Crippen LogP contribution >= 0.6 is 0 Å². The van der Waals surface area contributed by atoms with Gasteiger partial charge in [-0.3, -0.25) is 9.52 Å². The summed E-state index contributed by atoms with van der Waals surface area (Å²) in [6, 6.07) is 14.3. The maximum absolute atomic E-state index is 12.7. The number of sulfonamides is 1. The molecule has 0 heterocycles. The van der Waals surface area contributed by atoms with Crippen molar-refractivity contribution >= 4 is 21.6 Å². The molecule has 6 heteroatoms. The van der Waals surface area contributed by atoms with Gasteiger partial charge in [0.05, 0.1) is 10.3 Å². The van der Waals surface area contributed by atoms with Gasteiger partial charge < -0.3 is 5.32 Å². The topological polar surface area (TPSA) is 75.3 Å². The minimum atomic E-state index is -3.66. The predicted molar refractivity (Wildman–Crippen MR) is 121 cm³/mol. The third kappa shape index (κ3) is 5.04. The van der Waals surface area contributed by atoms with Crippen LogP contribution in [0.5, 0.6) is 0 Å². The number of nitrogens with one attached hydrogen (secondary N) is 2. The highest BCUT2D eigenvalue weighted by molar-refractivity contribution is 7.92. The molecule has 0 saturated heterocycles. The van der Waals surface area contributed by atoms with Crippen LogP contribution in [0, 0.1) is 5.92 Å². The highest BCUT2D eigenvalue weighted by atomic mass is 32.2. The van der Waals surface area contributed by atoms with Crippen molar-refractivity contribution in [3.05, 3.63) is 59.7 Å². The van der Waals surface area contributed by atoms with Crippen LogP contribution in [-0.2, 0) is 26.7 Å². The third-order valence-corrected chi connectivity index (χ3v) is 7.14. The van der Waals surface area contributed by atoms with Crippen LogP contribution in [0.3, 0.4) is 0 Å². The number of carbonyl (C=O) groups is 1. The van der Waals surface area contributed by atoms with Crippen molar-refractivity contribution in [2.45, 2.75) is 69.7 Å². The van der Waals surface area contributed by atoms with Gasteiger partial charge in [-0.25, -0.2) is 8.42 Å². The van der Waals surface area contributed by atoms with Crippen LogP contribution in [0.25, 0.3) is 0 Å². The Kier molecular flexibility index (Phi) is 6.56. The van der Waals surface area contributed by atoms with Gasteiger partial charge in [-0.2, -0.15) is 0 Å². The van der Waals surface area contributed by atoms with Crippen LogP contribution in [0.2, 0.25) is 0 Å². The van der Waals surface area contributed by atoms with E-state index < -0.39 is 15.4 Å². The zero-order valence-corrected chi connectivity index (χ0v) is 19.1. The van der Waals surface area contributed by atoms with Crippen LogP contribution in [0.4, 0.5) is 5.69 Å². The molecule has 3 rings (SSSR count). The van der Waals surface area contributed by atoms with Gasteiger partial charge in [0.2, 0.25) is 5.91 Å². The van der Waals surface area contributed by atoms with E-state index in [0.29, 0.717) is 11.6 Å². The molecule has 1 atom stereocenters. The van der Waals surface area contributed by atoms with E-state index >= 15 is 0 Å². The van der Waals surface area contributed by atoms with Gasteiger partial charge in [0.15, 0.2) is 0 Å². The molecule has 2 N–H and O–H groups in total. The third-order valence-electron chi connectivity index (χ3n) is 5.74. The Morgan fingerprint density at radius 1 is 1.00 bits per heavy atom. The Morgan fingerprint density at radius 2 is 1.60 bits per heavy atom. The maximum atomic E-state index is 12.7. The number of anilines is 1. The minimum absolute atomic E-state index is 0.0617. The molecule has 0 unspecified atom stereocenters. The van der Waals surface area contributed by atoms with E-state index in [4.69, 9.17) is 0 Å². The lowest BCUT2D eigenvalue weighted by Gasteiger charge is -2.19. The number of hydrogen-bond acceptors (Lipinski definition) is 3. The number of carbonyl (C=O) groups excluding carboxylic acids is 1. The van der Waals surface area contributed by atoms with E-state index in [1.807, 2.05) is 38.1 Å². The zero-order chi connectivity index (χ0) is 21.9. The first-order valence-corrected chi connectivity index (χ1v) is 12.2. The second-order valence-electron chi connectivity index (χ2n) is 8.79. The van der Waals surface area contributed by atoms with Gasteiger partial charge in [-0.05, 0) is 73.9 Å². The average molecular weight is 429 g/mol. The number of benzene rings is 2. The normalized spacial score (nSPS) is 16.2. The summed E-state index contributed by atoms with van der Waals surface area (Å²) in [6.45, 7) is 8.32. The minimum Gasteiger partial charge on any atom is -0.353 e. The molecule has 1 aliphatic carbocycles. The quantitative estimate of drug-likeness (QED) is 0.611. The van der Waals surface area contributed by atoms with E-state index in [0.717, 1.165) is 36.8 Å². The van der Waals surface area contributed by atoms with Gasteiger partial charge in [0, 0.05) is 11.7 Å². The molecule has 0 bridgehead atoms. The molecule has 1 saturated carbocycles. The average Bonchev–Trinajstić information content (AvgIpc) is 3.50. The molecular weight excluding hydrogens is 396 g/mol. The molecule has 2 aromatic rings. The van der Waals surface area contributed by atoms with Gasteiger partial charge in [-0.15, -0.1) is 0 Å². The maximum Gasteiger partial charge on any atom is 0.261 e. The second kappa shape index (κ2) is 8.80. The van der Waals surface area contributed by atoms with Gasteiger partial charge in [-0.1, -0.05) is 45.0 Å². The fraction of sp³-hybridized carbons (Fsp3) is 0.458. The van der Waals surface area contributed by atoms with Gasteiger partial charge >= 0.3 is 0 Å². The standard InChI is InChI=1S/C24H32N2O3S/c1-5-18(4)25-23(27)24(14-15-24)20-8-10-21(11-9-20)26-30(28,29)22-12-6-19(7-13-22)16-17(2)3/h6-13,17-18,26H,5,14-16H2,1-4H3,(H,25,27)/t18-/m0/s1. The summed E-state index contributed by atoms with van der Waals surface area (Å²) in [5.41, 5.74) is 2.08. The fourth-order valence-electron chi connectivity index (χ4n) is 3.58. The second-order valence-corrected chi connectivity index (χ2v) is 10.5. The molecule has 1 fully saturated rings. The summed E-state index contributed by atoms with van der Waals surface area (Å²) in [6.07, 6.45) is 3.45.